The van der Waals surface area contributed by atoms with Gasteiger partial charge in [0.1, 0.15) is 17.4 Å². The molecule has 2 aliphatic heterocycles. The molecule has 0 unspecified atom stereocenters. The molecular weight excluding hydrogens is 444 g/mol. The number of carbonyl (C=O) groups is 1. The van der Waals surface area contributed by atoms with Crippen LogP contribution in [0.15, 0.2) is 18.3 Å². The first-order chi connectivity index (χ1) is 16.6. The van der Waals surface area contributed by atoms with E-state index in [0.29, 0.717) is 37.9 Å². The van der Waals surface area contributed by atoms with Crippen LogP contribution in [0.3, 0.4) is 0 Å². The number of nitrogens with zero attached hydrogens (tertiary/aromatic N) is 4. The number of likely N-dealkylation sites (tertiary alicyclic amines) is 1. The van der Waals surface area contributed by atoms with Crippen molar-refractivity contribution in [2.24, 2.45) is 17.3 Å². The summed E-state index contributed by atoms with van der Waals surface area (Å²) in [7, 11) is 0. The summed E-state index contributed by atoms with van der Waals surface area (Å²) in [6.45, 7) is 12.2. The number of aromatic nitrogens is 1. The molecular formula is C27H40N4O4. The van der Waals surface area contributed by atoms with Crippen LogP contribution in [0.4, 0.5) is 10.5 Å². The highest BCUT2D eigenvalue weighted by molar-refractivity contribution is 5.69. The SMILES string of the molecule is CC1CCC(CN(CCC2OCC3(CO2)CN(C(=O)OC(C)(C)C)C3)c2ccc(C#N)nc2)CC1. The van der Waals surface area contributed by atoms with Crippen molar-refractivity contribution in [2.45, 2.75) is 71.7 Å². The molecule has 0 radical (unpaired) electrons. The van der Waals surface area contributed by atoms with E-state index >= 15 is 0 Å². The Morgan fingerprint density at radius 3 is 2.49 bits per heavy atom. The van der Waals surface area contributed by atoms with Crippen LogP contribution in [0.1, 0.15) is 65.5 Å². The van der Waals surface area contributed by atoms with Gasteiger partial charge >= 0.3 is 6.09 Å². The van der Waals surface area contributed by atoms with E-state index in [1.165, 1.54) is 25.7 Å². The summed E-state index contributed by atoms with van der Waals surface area (Å²) >= 11 is 0. The highest BCUT2D eigenvalue weighted by atomic mass is 16.7. The van der Waals surface area contributed by atoms with Crippen LogP contribution in [0.25, 0.3) is 0 Å². The number of ether oxygens (including phenoxy) is 3. The predicted molar refractivity (Wildman–Crippen MR) is 133 cm³/mol. The minimum Gasteiger partial charge on any atom is -0.444 e. The molecule has 1 amide bonds. The first-order valence-corrected chi connectivity index (χ1v) is 13.0. The Hall–Kier alpha value is -2.37. The number of hydrogen-bond acceptors (Lipinski definition) is 7. The molecule has 1 aromatic rings. The molecule has 0 bridgehead atoms. The van der Waals surface area contributed by atoms with Crippen molar-refractivity contribution in [3.8, 4) is 6.07 Å². The molecule has 3 aliphatic rings. The lowest BCUT2D eigenvalue weighted by Crippen LogP contribution is -2.65. The molecule has 1 aliphatic carbocycles. The molecule has 3 fully saturated rings. The van der Waals surface area contributed by atoms with E-state index in [0.717, 1.165) is 31.1 Å². The number of rotatable bonds is 6. The monoisotopic (exact) mass is 484 g/mol. The maximum Gasteiger partial charge on any atom is 0.410 e. The fourth-order valence-corrected chi connectivity index (χ4v) is 5.25. The topological polar surface area (TPSA) is 87.9 Å². The second-order valence-corrected chi connectivity index (χ2v) is 11.8. The highest BCUT2D eigenvalue weighted by Crippen LogP contribution is 2.36. The second kappa shape index (κ2) is 10.7. The summed E-state index contributed by atoms with van der Waals surface area (Å²) in [4.78, 5) is 20.6. The normalized spacial score (nSPS) is 24.5. The van der Waals surface area contributed by atoms with Gasteiger partial charge in [0, 0.05) is 32.6 Å². The number of nitriles is 1. The predicted octanol–water partition coefficient (Wildman–Crippen LogP) is 4.59. The van der Waals surface area contributed by atoms with Crippen molar-refractivity contribution in [3.63, 3.8) is 0 Å². The van der Waals surface area contributed by atoms with E-state index in [1.807, 2.05) is 26.8 Å². The van der Waals surface area contributed by atoms with Crippen LogP contribution in [-0.4, -0.2) is 67.3 Å². The zero-order valence-electron chi connectivity index (χ0n) is 21.7. The molecule has 2 saturated heterocycles. The van der Waals surface area contributed by atoms with Gasteiger partial charge in [0.2, 0.25) is 0 Å². The Labute approximate surface area is 209 Å². The number of carbonyl (C=O) groups excluding carboxylic acids is 1. The lowest BCUT2D eigenvalue weighted by molar-refractivity contribution is -0.254. The average molecular weight is 485 g/mol. The third-order valence-corrected chi connectivity index (χ3v) is 7.33. The summed E-state index contributed by atoms with van der Waals surface area (Å²) in [5.41, 5.74) is 0.867. The molecule has 4 rings (SSSR count). The number of anilines is 1. The summed E-state index contributed by atoms with van der Waals surface area (Å²) < 4.78 is 17.7. The van der Waals surface area contributed by atoms with Gasteiger partial charge in [0.25, 0.3) is 0 Å². The average Bonchev–Trinajstić information content (AvgIpc) is 2.81. The fraction of sp³-hybridized carbons (Fsp3) is 0.741. The summed E-state index contributed by atoms with van der Waals surface area (Å²) in [5.74, 6) is 1.50. The van der Waals surface area contributed by atoms with E-state index in [-0.39, 0.29) is 17.8 Å². The van der Waals surface area contributed by atoms with Crippen LogP contribution in [-0.2, 0) is 14.2 Å². The molecule has 3 heterocycles. The van der Waals surface area contributed by atoms with Crippen molar-refractivity contribution >= 4 is 11.8 Å². The summed E-state index contributed by atoms with van der Waals surface area (Å²) in [6, 6.07) is 5.88. The van der Waals surface area contributed by atoms with Crippen LogP contribution in [0.5, 0.6) is 0 Å². The van der Waals surface area contributed by atoms with Crippen LogP contribution >= 0.6 is 0 Å². The van der Waals surface area contributed by atoms with Crippen molar-refractivity contribution < 1.29 is 19.0 Å². The Bertz CT molecular complexity index is 883. The van der Waals surface area contributed by atoms with E-state index in [2.05, 4.69) is 22.9 Å². The van der Waals surface area contributed by atoms with Gasteiger partial charge < -0.3 is 24.0 Å². The standard InChI is InChI=1S/C27H40N4O4/c1-20-5-7-21(8-6-20)15-30(23-10-9-22(13-28)29-14-23)12-11-24-33-18-27(19-34-24)16-31(17-27)25(32)35-26(2,3)4/h9-10,14,20-21,24H,5-8,11-12,15-19H2,1-4H3. The van der Waals surface area contributed by atoms with Gasteiger partial charge in [0.05, 0.1) is 30.5 Å². The lowest BCUT2D eigenvalue weighted by atomic mass is 9.81. The maximum absolute atomic E-state index is 12.3. The first-order valence-electron chi connectivity index (χ1n) is 13.0. The molecule has 192 valence electrons. The van der Waals surface area contributed by atoms with Crippen LogP contribution in [0, 0.1) is 28.6 Å². The third kappa shape index (κ3) is 6.86. The molecule has 0 aromatic carbocycles. The Balaban J connectivity index is 1.27. The van der Waals surface area contributed by atoms with E-state index in [1.54, 1.807) is 17.2 Å². The molecule has 1 saturated carbocycles. The number of hydrogen-bond donors (Lipinski definition) is 0. The summed E-state index contributed by atoms with van der Waals surface area (Å²) in [5, 5.41) is 9.10. The minimum absolute atomic E-state index is 0.122. The van der Waals surface area contributed by atoms with E-state index in [9.17, 15) is 4.79 Å². The fourth-order valence-electron chi connectivity index (χ4n) is 5.25. The van der Waals surface area contributed by atoms with Crippen LogP contribution < -0.4 is 4.90 Å². The number of amides is 1. The minimum atomic E-state index is -0.489. The van der Waals surface area contributed by atoms with Gasteiger partial charge in [-0.25, -0.2) is 9.78 Å². The van der Waals surface area contributed by atoms with Gasteiger partial charge in [0.15, 0.2) is 6.29 Å². The van der Waals surface area contributed by atoms with Crippen molar-refractivity contribution in [1.29, 1.82) is 5.26 Å². The molecule has 8 heteroatoms. The first kappa shape index (κ1) is 25.7. The highest BCUT2D eigenvalue weighted by Gasteiger charge is 2.49. The van der Waals surface area contributed by atoms with Crippen LogP contribution in [0.2, 0.25) is 0 Å². The van der Waals surface area contributed by atoms with Crippen molar-refractivity contribution in [2.75, 3.05) is 44.3 Å². The number of pyridine rings is 1. The maximum atomic E-state index is 12.3. The zero-order valence-corrected chi connectivity index (χ0v) is 21.7. The molecule has 0 N–H and O–H groups in total. The Morgan fingerprint density at radius 1 is 1.23 bits per heavy atom. The van der Waals surface area contributed by atoms with Gasteiger partial charge in [-0.15, -0.1) is 0 Å². The van der Waals surface area contributed by atoms with E-state index < -0.39 is 5.60 Å². The second-order valence-electron chi connectivity index (χ2n) is 11.8. The van der Waals surface area contributed by atoms with Crippen molar-refractivity contribution in [3.05, 3.63) is 24.0 Å². The van der Waals surface area contributed by atoms with Gasteiger partial charge in [-0.2, -0.15) is 5.26 Å². The smallest absolute Gasteiger partial charge is 0.410 e. The Kier molecular flexibility index (Phi) is 7.87. The Morgan fingerprint density at radius 2 is 1.91 bits per heavy atom. The molecule has 1 aromatic heterocycles. The molecule has 1 spiro atoms. The molecule has 8 nitrogen and oxygen atoms in total. The third-order valence-electron chi connectivity index (χ3n) is 7.33. The quantitative estimate of drug-likeness (QED) is 0.584. The van der Waals surface area contributed by atoms with E-state index in [4.69, 9.17) is 19.5 Å². The molecule has 0 atom stereocenters. The van der Waals surface area contributed by atoms with Crippen molar-refractivity contribution in [1.82, 2.24) is 9.88 Å². The largest absolute Gasteiger partial charge is 0.444 e. The molecule has 35 heavy (non-hydrogen) atoms. The zero-order chi connectivity index (χ0) is 25.1. The van der Waals surface area contributed by atoms with Gasteiger partial charge in [-0.05, 0) is 57.6 Å². The lowest BCUT2D eigenvalue weighted by Gasteiger charge is -2.52. The van der Waals surface area contributed by atoms with Gasteiger partial charge in [-0.1, -0.05) is 19.8 Å². The summed E-state index contributed by atoms with van der Waals surface area (Å²) in [6.07, 6.45) is 7.15. The van der Waals surface area contributed by atoms with Gasteiger partial charge in [-0.3, -0.25) is 0 Å².